The molecule has 140 valence electrons. The van der Waals surface area contributed by atoms with Crippen molar-refractivity contribution in [3.63, 3.8) is 0 Å². The number of anilines is 1. The summed E-state index contributed by atoms with van der Waals surface area (Å²) in [5, 5.41) is 8.78. The van der Waals surface area contributed by atoms with Gasteiger partial charge >= 0.3 is 5.97 Å². The molecular formula is C19H16F2N2O3S. The van der Waals surface area contributed by atoms with E-state index in [0.29, 0.717) is 5.69 Å². The molecule has 8 heteroatoms. The van der Waals surface area contributed by atoms with E-state index in [1.165, 1.54) is 29.2 Å². The number of rotatable bonds is 8. The lowest BCUT2D eigenvalue weighted by Crippen LogP contribution is -2.35. The van der Waals surface area contributed by atoms with Gasteiger partial charge in [-0.25, -0.2) is 4.79 Å². The Morgan fingerprint density at radius 3 is 2.44 bits per heavy atom. The molecule has 27 heavy (non-hydrogen) atoms. The van der Waals surface area contributed by atoms with E-state index in [1.807, 2.05) is 6.07 Å². The molecule has 0 N–H and O–H groups in total. The number of nitriles is 1. The smallest absolute Gasteiger partial charge is 0.339 e. The highest BCUT2D eigenvalue weighted by molar-refractivity contribution is 7.99. The molecule has 0 spiro atoms. The van der Waals surface area contributed by atoms with Crippen molar-refractivity contribution in [2.45, 2.75) is 17.1 Å². The molecule has 0 saturated heterocycles. The number of alkyl halides is 2. The molecular weight excluding hydrogens is 374 g/mol. The predicted octanol–water partition coefficient (Wildman–Crippen LogP) is 4.10. The first kappa shape index (κ1) is 20.4. The third kappa shape index (κ3) is 6.08. The molecule has 2 aromatic carbocycles. The number of para-hydroxylation sites is 1. The summed E-state index contributed by atoms with van der Waals surface area (Å²) in [5.74, 6) is -4.05. The first-order valence-electron chi connectivity index (χ1n) is 7.96. The maximum atomic E-state index is 12.6. The van der Waals surface area contributed by atoms with E-state index in [2.05, 4.69) is 0 Å². The van der Waals surface area contributed by atoms with Gasteiger partial charge in [0.15, 0.2) is 6.61 Å². The van der Waals surface area contributed by atoms with Crippen molar-refractivity contribution in [2.24, 2.45) is 0 Å². The Morgan fingerprint density at radius 2 is 1.78 bits per heavy atom. The van der Waals surface area contributed by atoms with Crippen LogP contribution in [0.3, 0.4) is 0 Å². The van der Waals surface area contributed by atoms with Gasteiger partial charge in [-0.2, -0.15) is 14.0 Å². The number of benzene rings is 2. The lowest BCUT2D eigenvalue weighted by molar-refractivity contribution is -0.121. The fourth-order valence-electron chi connectivity index (χ4n) is 2.28. The number of nitrogens with zero attached hydrogens (tertiary/aromatic N) is 2. The number of esters is 1. The summed E-state index contributed by atoms with van der Waals surface area (Å²) in [6, 6.07) is 16.4. The topological polar surface area (TPSA) is 70.4 Å². The second kappa shape index (κ2) is 10.3. The van der Waals surface area contributed by atoms with Crippen LogP contribution in [0.2, 0.25) is 0 Å². The summed E-state index contributed by atoms with van der Waals surface area (Å²) < 4.78 is 30.3. The molecule has 5 nitrogen and oxygen atoms in total. The van der Waals surface area contributed by atoms with E-state index in [1.54, 1.807) is 30.3 Å². The zero-order valence-electron chi connectivity index (χ0n) is 14.2. The monoisotopic (exact) mass is 390 g/mol. The average Bonchev–Trinajstić information content (AvgIpc) is 2.67. The van der Waals surface area contributed by atoms with Crippen LogP contribution in [-0.4, -0.2) is 30.8 Å². The van der Waals surface area contributed by atoms with Gasteiger partial charge in [0.2, 0.25) is 0 Å². The van der Waals surface area contributed by atoms with Gasteiger partial charge in [0, 0.05) is 17.1 Å². The van der Waals surface area contributed by atoms with Crippen molar-refractivity contribution in [1.82, 2.24) is 0 Å². The van der Waals surface area contributed by atoms with Crippen molar-refractivity contribution < 1.29 is 23.1 Å². The van der Waals surface area contributed by atoms with Crippen molar-refractivity contribution in [3.8, 4) is 6.07 Å². The fraction of sp³-hybridized carbons (Fsp3) is 0.211. The number of carbonyl (C=O) groups excluding carboxylic acids is 2. The van der Waals surface area contributed by atoms with E-state index >= 15 is 0 Å². The number of ether oxygens (including phenoxy) is 1. The molecule has 2 aromatic rings. The highest BCUT2D eigenvalue weighted by atomic mass is 32.2. The largest absolute Gasteiger partial charge is 0.452 e. The Morgan fingerprint density at radius 1 is 1.11 bits per heavy atom. The molecule has 0 aliphatic carbocycles. The van der Waals surface area contributed by atoms with E-state index in [-0.39, 0.29) is 35.2 Å². The third-order valence-electron chi connectivity index (χ3n) is 3.47. The summed E-state index contributed by atoms with van der Waals surface area (Å²) in [5.41, 5.74) is 0.543. The van der Waals surface area contributed by atoms with Crippen molar-refractivity contribution in [2.75, 3.05) is 18.1 Å². The van der Waals surface area contributed by atoms with Gasteiger partial charge in [-0.3, -0.25) is 4.79 Å². The van der Waals surface area contributed by atoms with Gasteiger partial charge < -0.3 is 9.64 Å². The quantitative estimate of drug-likeness (QED) is 0.501. The molecule has 0 aromatic heterocycles. The Hall–Kier alpha value is -2.92. The van der Waals surface area contributed by atoms with Crippen molar-refractivity contribution >= 4 is 29.3 Å². The second-order valence-corrected chi connectivity index (χ2v) is 6.27. The van der Waals surface area contributed by atoms with Crippen molar-refractivity contribution in [3.05, 3.63) is 60.2 Å². The third-order valence-corrected chi connectivity index (χ3v) is 4.25. The number of amides is 1. The normalized spacial score (nSPS) is 10.3. The zero-order chi connectivity index (χ0) is 19.6. The summed E-state index contributed by atoms with van der Waals surface area (Å²) in [6.07, 6.45) is 0.114. The summed E-state index contributed by atoms with van der Waals surface area (Å²) in [6.45, 7) is -0.415. The van der Waals surface area contributed by atoms with E-state index in [4.69, 9.17) is 10.00 Å². The minimum absolute atomic E-state index is 0.0288. The Kier molecular flexibility index (Phi) is 7.77. The van der Waals surface area contributed by atoms with Crippen LogP contribution in [0, 0.1) is 11.3 Å². The van der Waals surface area contributed by atoms with Crippen LogP contribution in [-0.2, 0) is 9.53 Å². The van der Waals surface area contributed by atoms with E-state index in [0.717, 1.165) is 0 Å². The molecule has 0 atom stereocenters. The molecule has 0 fully saturated rings. The fourth-order valence-corrected chi connectivity index (χ4v) is 2.91. The van der Waals surface area contributed by atoms with Crippen LogP contribution in [0.5, 0.6) is 0 Å². The Bertz CT molecular complexity index is 825. The van der Waals surface area contributed by atoms with Gasteiger partial charge in [-0.15, -0.1) is 0 Å². The molecule has 2 rings (SSSR count). The molecule has 0 aliphatic heterocycles. The SMILES string of the molecule is N#CCCN(C(=O)COC(=O)c1ccccc1SC(F)F)c1ccccc1. The summed E-state index contributed by atoms with van der Waals surface area (Å²) in [7, 11) is 0. The molecule has 0 saturated carbocycles. The average molecular weight is 390 g/mol. The lowest BCUT2D eigenvalue weighted by Gasteiger charge is -2.21. The maximum absolute atomic E-state index is 12.6. The van der Waals surface area contributed by atoms with Crippen LogP contribution >= 0.6 is 11.8 Å². The second-order valence-electron chi connectivity index (χ2n) is 5.24. The standard InChI is InChI=1S/C19H16F2N2O3S/c20-19(21)27-16-10-5-4-9-15(16)18(25)26-13-17(24)23(12-6-11-22)14-7-2-1-3-8-14/h1-5,7-10,19H,6,12-13H2. The number of hydrogen-bond donors (Lipinski definition) is 0. The molecule has 0 heterocycles. The summed E-state index contributed by atoms with van der Waals surface area (Å²) >= 11 is 0.236. The lowest BCUT2D eigenvalue weighted by atomic mass is 10.2. The van der Waals surface area contributed by atoms with Crippen LogP contribution in [0.15, 0.2) is 59.5 Å². The first-order valence-corrected chi connectivity index (χ1v) is 8.84. The van der Waals surface area contributed by atoms with Gasteiger partial charge in [-0.05, 0) is 24.3 Å². The molecule has 1 amide bonds. The van der Waals surface area contributed by atoms with Crippen LogP contribution in [0.25, 0.3) is 0 Å². The molecule has 0 aliphatic rings. The minimum atomic E-state index is -2.68. The van der Waals surface area contributed by atoms with Gasteiger partial charge in [0.25, 0.3) is 11.7 Å². The van der Waals surface area contributed by atoms with Gasteiger partial charge in [-0.1, -0.05) is 42.1 Å². The van der Waals surface area contributed by atoms with E-state index < -0.39 is 24.2 Å². The number of halogens is 2. The van der Waals surface area contributed by atoms with Crippen LogP contribution < -0.4 is 4.90 Å². The van der Waals surface area contributed by atoms with Gasteiger partial charge in [0.05, 0.1) is 18.1 Å². The summed E-state index contributed by atoms with van der Waals surface area (Å²) in [4.78, 5) is 26.1. The molecule has 0 unspecified atom stereocenters. The first-order chi connectivity index (χ1) is 13.0. The number of carbonyl (C=O) groups is 2. The Labute approximate surface area is 159 Å². The van der Waals surface area contributed by atoms with Crippen LogP contribution in [0.4, 0.5) is 14.5 Å². The number of hydrogen-bond acceptors (Lipinski definition) is 5. The van der Waals surface area contributed by atoms with Crippen LogP contribution in [0.1, 0.15) is 16.8 Å². The maximum Gasteiger partial charge on any atom is 0.339 e. The predicted molar refractivity (Wildman–Crippen MR) is 97.6 cm³/mol. The molecule has 0 radical (unpaired) electrons. The van der Waals surface area contributed by atoms with Crippen molar-refractivity contribution in [1.29, 1.82) is 5.26 Å². The van der Waals surface area contributed by atoms with E-state index in [9.17, 15) is 18.4 Å². The molecule has 0 bridgehead atoms. The Balaban J connectivity index is 2.07. The zero-order valence-corrected chi connectivity index (χ0v) is 15.0. The highest BCUT2D eigenvalue weighted by Crippen LogP contribution is 2.28. The minimum Gasteiger partial charge on any atom is -0.452 e. The van der Waals surface area contributed by atoms with Gasteiger partial charge in [0.1, 0.15) is 0 Å². The highest BCUT2D eigenvalue weighted by Gasteiger charge is 2.20. The number of thioether (sulfide) groups is 1.